The second-order valence-corrected chi connectivity index (χ2v) is 4.62. The third-order valence-electron chi connectivity index (χ3n) is 3.70. The molecule has 0 radical (unpaired) electrons. The van der Waals surface area contributed by atoms with Gasteiger partial charge < -0.3 is 5.32 Å². The van der Waals surface area contributed by atoms with Crippen molar-refractivity contribution in [1.82, 2.24) is 15.1 Å². The molecule has 2 heterocycles. The minimum atomic E-state index is 0.321. The smallest absolute Gasteiger partial charge is 0.0863 e. The van der Waals surface area contributed by atoms with Crippen molar-refractivity contribution in [1.29, 1.82) is 0 Å². The molecule has 1 spiro atoms. The van der Waals surface area contributed by atoms with Gasteiger partial charge in [0.25, 0.3) is 0 Å². The predicted octanol–water partition coefficient (Wildman–Crippen LogP) is 1.51. The van der Waals surface area contributed by atoms with E-state index in [4.69, 9.17) is 1.37 Å². The number of nitrogens with one attached hydrogen (secondary N) is 1. The van der Waals surface area contributed by atoms with Gasteiger partial charge in [0.1, 0.15) is 0 Å². The summed E-state index contributed by atoms with van der Waals surface area (Å²) in [7, 11) is 1.98. The first-order valence-electron chi connectivity index (χ1n) is 5.95. The van der Waals surface area contributed by atoms with Gasteiger partial charge in [-0.05, 0) is 19.3 Å². The van der Waals surface area contributed by atoms with Gasteiger partial charge in [0.15, 0.2) is 0 Å². The lowest BCUT2D eigenvalue weighted by molar-refractivity contribution is 0.418. The summed E-state index contributed by atoms with van der Waals surface area (Å²) in [5.41, 5.74) is 2.81. The molecule has 0 amide bonds. The average molecular weight is 192 g/mol. The summed E-state index contributed by atoms with van der Waals surface area (Å²) in [5, 5.41) is 7.83. The molecule has 1 aromatic heterocycles. The highest BCUT2D eigenvalue weighted by atomic mass is 15.3. The summed E-state index contributed by atoms with van der Waals surface area (Å²) < 4.78 is 9.87. The topological polar surface area (TPSA) is 29.9 Å². The molecule has 3 rings (SSSR count). The Balaban J connectivity index is 2.18. The fraction of sp³-hybridized carbons (Fsp3) is 0.727. The molecule has 3 nitrogen and oxygen atoms in total. The van der Waals surface area contributed by atoms with Crippen molar-refractivity contribution < 1.29 is 1.37 Å². The zero-order valence-electron chi connectivity index (χ0n) is 9.80. The number of aromatic nitrogens is 2. The molecular weight excluding hydrogens is 174 g/mol. The van der Waals surface area contributed by atoms with Crippen LogP contribution in [-0.2, 0) is 12.5 Å². The largest absolute Gasteiger partial charge is 0.309 e. The predicted molar refractivity (Wildman–Crippen MR) is 55.2 cm³/mol. The standard InChI is InChI=1S/C11H17N3/c1-3-9-8-6-13-14(2)10(8)11(4-5-11)7-12-9/h6,9,12H,3-5,7H2,1-2H3/i6D. The van der Waals surface area contributed by atoms with Crippen molar-refractivity contribution >= 4 is 0 Å². The van der Waals surface area contributed by atoms with Gasteiger partial charge in [-0.2, -0.15) is 5.10 Å². The van der Waals surface area contributed by atoms with E-state index in [1.54, 1.807) is 0 Å². The van der Waals surface area contributed by atoms with Gasteiger partial charge in [-0.25, -0.2) is 0 Å². The molecule has 1 atom stereocenters. The molecule has 14 heavy (non-hydrogen) atoms. The third kappa shape index (κ3) is 0.934. The van der Waals surface area contributed by atoms with Crippen molar-refractivity contribution in [2.45, 2.75) is 37.6 Å². The van der Waals surface area contributed by atoms with Crippen molar-refractivity contribution in [3.05, 3.63) is 17.4 Å². The van der Waals surface area contributed by atoms with Gasteiger partial charge in [0.2, 0.25) is 0 Å². The van der Waals surface area contributed by atoms with Gasteiger partial charge in [0, 0.05) is 30.6 Å². The Kier molecular flexibility index (Phi) is 1.39. The molecule has 1 aromatic rings. The first-order valence-corrected chi connectivity index (χ1v) is 5.45. The lowest BCUT2D eigenvalue weighted by Gasteiger charge is -2.30. The zero-order valence-corrected chi connectivity index (χ0v) is 8.80. The van der Waals surface area contributed by atoms with E-state index in [-0.39, 0.29) is 0 Å². The van der Waals surface area contributed by atoms with Crippen molar-refractivity contribution in [2.75, 3.05) is 6.54 Å². The van der Waals surface area contributed by atoms with Crippen molar-refractivity contribution in [3.63, 3.8) is 0 Å². The Hall–Kier alpha value is -0.830. The summed E-state index contributed by atoms with van der Waals surface area (Å²) in [4.78, 5) is 0. The van der Waals surface area contributed by atoms with Crippen LogP contribution in [0.4, 0.5) is 0 Å². The Morgan fingerprint density at radius 3 is 3.21 bits per heavy atom. The second kappa shape index (κ2) is 2.60. The minimum absolute atomic E-state index is 0.321. The number of hydrogen-bond acceptors (Lipinski definition) is 2. The maximum atomic E-state index is 7.94. The van der Waals surface area contributed by atoms with Gasteiger partial charge in [-0.1, -0.05) is 6.92 Å². The lowest BCUT2D eigenvalue weighted by atomic mass is 9.89. The number of hydrogen-bond donors (Lipinski definition) is 1. The van der Waals surface area contributed by atoms with Gasteiger partial charge in [-0.3, -0.25) is 4.68 Å². The molecule has 3 heteroatoms. The molecule has 1 saturated carbocycles. The molecule has 0 aromatic carbocycles. The molecule has 1 aliphatic carbocycles. The highest BCUT2D eigenvalue weighted by molar-refractivity contribution is 5.37. The van der Waals surface area contributed by atoms with Crippen LogP contribution in [0.25, 0.3) is 0 Å². The van der Waals surface area contributed by atoms with E-state index in [1.165, 1.54) is 18.5 Å². The van der Waals surface area contributed by atoms with Crippen LogP contribution in [0, 0.1) is 0 Å². The van der Waals surface area contributed by atoms with E-state index in [0.29, 0.717) is 17.6 Å². The van der Waals surface area contributed by atoms with E-state index >= 15 is 0 Å². The van der Waals surface area contributed by atoms with Crippen LogP contribution >= 0.6 is 0 Å². The number of fused-ring (bicyclic) bond motifs is 2. The molecule has 0 bridgehead atoms. The number of rotatable bonds is 1. The van der Waals surface area contributed by atoms with Gasteiger partial charge in [-0.15, -0.1) is 0 Å². The minimum Gasteiger partial charge on any atom is -0.309 e. The fourth-order valence-electron chi connectivity index (χ4n) is 2.70. The first-order chi connectivity index (χ1) is 7.18. The summed E-state index contributed by atoms with van der Waals surface area (Å²) in [5.74, 6) is 0. The quantitative estimate of drug-likeness (QED) is 0.731. The van der Waals surface area contributed by atoms with Crippen LogP contribution in [0.15, 0.2) is 6.17 Å². The van der Waals surface area contributed by atoms with E-state index in [0.717, 1.165) is 18.5 Å². The monoisotopic (exact) mass is 192 g/mol. The fourth-order valence-corrected chi connectivity index (χ4v) is 2.70. The van der Waals surface area contributed by atoms with Crippen LogP contribution < -0.4 is 5.32 Å². The Bertz CT molecular complexity index is 406. The average Bonchev–Trinajstić information content (AvgIpc) is 2.90. The summed E-state index contributed by atoms with van der Waals surface area (Å²) in [6.45, 7) is 3.23. The highest BCUT2D eigenvalue weighted by Gasteiger charge is 2.50. The molecule has 0 saturated heterocycles. The van der Waals surface area contributed by atoms with Crippen LogP contribution in [0.2, 0.25) is 0 Å². The molecular formula is C11H17N3. The number of aryl methyl sites for hydroxylation is 1. The first kappa shape index (κ1) is 7.46. The molecule has 1 fully saturated rings. The van der Waals surface area contributed by atoms with E-state index in [2.05, 4.69) is 17.3 Å². The SMILES string of the molecule is [2H]c1nn(C)c2c1C(CC)NCC21CC1. The Morgan fingerprint density at radius 1 is 1.79 bits per heavy atom. The lowest BCUT2D eigenvalue weighted by Crippen LogP contribution is -2.37. The van der Waals surface area contributed by atoms with E-state index in [9.17, 15) is 0 Å². The Labute approximate surface area is 85.9 Å². The summed E-state index contributed by atoms with van der Waals surface area (Å²) in [6, 6.07) is 0.340. The summed E-state index contributed by atoms with van der Waals surface area (Å²) >= 11 is 0. The van der Waals surface area contributed by atoms with Gasteiger partial charge in [0.05, 0.1) is 13.2 Å². The maximum Gasteiger partial charge on any atom is 0.0863 e. The molecule has 76 valence electrons. The van der Waals surface area contributed by atoms with Crippen molar-refractivity contribution in [3.8, 4) is 0 Å². The summed E-state index contributed by atoms with van der Waals surface area (Å²) in [6.07, 6.45) is 4.02. The van der Waals surface area contributed by atoms with Gasteiger partial charge >= 0.3 is 0 Å². The Morgan fingerprint density at radius 2 is 2.57 bits per heavy atom. The third-order valence-corrected chi connectivity index (χ3v) is 3.70. The van der Waals surface area contributed by atoms with Crippen LogP contribution in [0.5, 0.6) is 0 Å². The maximum absolute atomic E-state index is 7.94. The van der Waals surface area contributed by atoms with Crippen molar-refractivity contribution in [2.24, 2.45) is 7.05 Å². The second-order valence-electron chi connectivity index (χ2n) is 4.62. The molecule has 1 N–H and O–H groups in total. The zero-order chi connectivity index (χ0) is 10.6. The normalized spacial score (nSPS) is 28.7. The van der Waals surface area contributed by atoms with Crippen LogP contribution in [0.3, 0.4) is 0 Å². The van der Waals surface area contributed by atoms with E-state index in [1.807, 2.05) is 11.7 Å². The molecule has 1 unspecified atom stereocenters. The van der Waals surface area contributed by atoms with Crippen LogP contribution in [-0.4, -0.2) is 16.3 Å². The molecule has 2 aliphatic rings. The number of nitrogens with zero attached hydrogens (tertiary/aromatic N) is 2. The molecule has 1 aliphatic heterocycles. The van der Waals surface area contributed by atoms with E-state index < -0.39 is 0 Å². The van der Waals surface area contributed by atoms with Crippen LogP contribution in [0.1, 0.15) is 44.9 Å². The highest BCUT2D eigenvalue weighted by Crippen LogP contribution is 2.52.